The molecule has 0 aliphatic carbocycles. The van der Waals surface area contributed by atoms with E-state index in [9.17, 15) is 10.1 Å². The Morgan fingerprint density at radius 1 is 1.08 bits per heavy atom. The van der Waals surface area contributed by atoms with Gasteiger partial charge in [0.1, 0.15) is 16.8 Å². The SMILES string of the molecule is CCC(Sc1nc(-c2ccccc2)cc(-c2ccc(OC)cc2)c1C#N)C(=O)Nc1cccc(Cl)c1C. The lowest BCUT2D eigenvalue weighted by atomic mass is 9.99. The molecule has 4 rings (SSSR count). The molecule has 1 atom stereocenters. The van der Waals surface area contributed by atoms with Gasteiger partial charge >= 0.3 is 0 Å². The molecule has 1 N–H and O–H groups in total. The number of benzene rings is 3. The van der Waals surface area contributed by atoms with E-state index < -0.39 is 5.25 Å². The van der Waals surface area contributed by atoms with Crippen LogP contribution in [-0.2, 0) is 4.79 Å². The van der Waals surface area contributed by atoms with Gasteiger partial charge in [-0.15, -0.1) is 0 Å². The van der Waals surface area contributed by atoms with Crippen LogP contribution in [0.3, 0.4) is 0 Å². The van der Waals surface area contributed by atoms with Gasteiger partial charge in [-0.05, 0) is 54.8 Å². The van der Waals surface area contributed by atoms with E-state index in [1.54, 1.807) is 19.2 Å². The largest absolute Gasteiger partial charge is 0.497 e. The van der Waals surface area contributed by atoms with Gasteiger partial charge in [0.15, 0.2) is 0 Å². The topological polar surface area (TPSA) is 75.0 Å². The van der Waals surface area contributed by atoms with Gasteiger partial charge in [0.25, 0.3) is 0 Å². The number of hydrogen-bond donors (Lipinski definition) is 1. The van der Waals surface area contributed by atoms with Crippen molar-refractivity contribution in [2.45, 2.75) is 30.5 Å². The van der Waals surface area contributed by atoms with Crippen molar-refractivity contribution in [3.63, 3.8) is 0 Å². The molecule has 0 aliphatic heterocycles. The summed E-state index contributed by atoms with van der Waals surface area (Å²) in [5.41, 5.74) is 5.18. The van der Waals surface area contributed by atoms with Gasteiger partial charge in [-0.2, -0.15) is 5.26 Å². The Labute approximate surface area is 226 Å². The Morgan fingerprint density at radius 2 is 1.81 bits per heavy atom. The summed E-state index contributed by atoms with van der Waals surface area (Å²) in [7, 11) is 1.62. The van der Waals surface area contributed by atoms with E-state index in [4.69, 9.17) is 21.3 Å². The molecule has 0 fully saturated rings. The van der Waals surface area contributed by atoms with Crippen molar-refractivity contribution in [2.75, 3.05) is 12.4 Å². The molecule has 7 heteroatoms. The van der Waals surface area contributed by atoms with Crippen LogP contribution in [0.2, 0.25) is 5.02 Å². The van der Waals surface area contributed by atoms with Crippen LogP contribution in [-0.4, -0.2) is 23.3 Å². The zero-order valence-electron chi connectivity index (χ0n) is 20.8. The van der Waals surface area contributed by atoms with Crippen LogP contribution in [0, 0.1) is 18.3 Å². The van der Waals surface area contributed by atoms with Gasteiger partial charge in [-0.25, -0.2) is 4.98 Å². The second kappa shape index (κ2) is 12.0. The summed E-state index contributed by atoms with van der Waals surface area (Å²) in [6, 6.07) is 27.1. The Bertz CT molecular complexity index is 1450. The summed E-state index contributed by atoms with van der Waals surface area (Å²) in [6.45, 7) is 3.81. The van der Waals surface area contributed by atoms with Crippen LogP contribution in [0.1, 0.15) is 24.5 Å². The molecule has 1 unspecified atom stereocenters. The van der Waals surface area contributed by atoms with E-state index in [0.717, 1.165) is 33.7 Å². The molecular weight excluding hydrogens is 502 g/mol. The highest BCUT2D eigenvalue weighted by atomic mass is 35.5. The number of aromatic nitrogens is 1. The number of rotatable bonds is 8. The van der Waals surface area contributed by atoms with Crippen molar-refractivity contribution in [1.82, 2.24) is 4.98 Å². The minimum Gasteiger partial charge on any atom is -0.497 e. The first kappa shape index (κ1) is 26.3. The summed E-state index contributed by atoms with van der Waals surface area (Å²) < 4.78 is 5.30. The summed E-state index contributed by atoms with van der Waals surface area (Å²) >= 11 is 7.54. The number of nitrogens with one attached hydrogen (secondary N) is 1. The number of halogens is 1. The van der Waals surface area contributed by atoms with Crippen molar-refractivity contribution in [3.8, 4) is 34.2 Å². The molecule has 5 nitrogen and oxygen atoms in total. The number of thioether (sulfide) groups is 1. The van der Waals surface area contributed by atoms with Crippen molar-refractivity contribution >= 4 is 35.0 Å². The van der Waals surface area contributed by atoms with Crippen molar-refractivity contribution in [2.24, 2.45) is 0 Å². The molecule has 0 aliphatic rings. The maximum absolute atomic E-state index is 13.3. The van der Waals surface area contributed by atoms with Gasteiger partial charge in [-0.1, -0.05) is 78.8 Å². The average Bonchev–Trinajstić information content (AvgIpc) is 2.94. The molecule has 0 spiro atoms. The number of nitriles is 1. The molecule has 4 aromatic rings. The lowest BCUT2D eigenvalue weighted by molar-refractivity contribution is -0.115. The third-order valence-electron chi connectivity index (χ3n) is 6.01. The van der Waals surface area contributed by atoms with Crippen LogP contribution in [0.25, 0.3) is 22.4 Å². The van der Waals surface area contributed by atoms with Crippen molar-refractivity contribution in [3.05, 3.63) is 95.0 Å². The Hall–Kier alpha value is -3.79. The Morgan fingerprint density at radius 3 is 2.46 bits per heavy atom. The van der Waals surface area contributed by atoms with Gasteiger partial charge < -0.3 is 10.1 Å². The summed E-state index contributed by atoms with van der Waals surface area (Å²) in [6.07, 6.45) is 0.552. The van der Waals surface area contributed by atoms with Crippen molar-refractivity contribution in [1.29, 1.82) is 5.26 Å². The molecule has 0 saturated carbocycles. The maximum atomic E-state index is 13.3. The highest BCUT2D eigenvalue weighted by molar-refractivity contribution is 8.00. The van der Waals surface area contributed by atoms with E-state index in [1.165, 1.54) is 11.8 Å². The van der Waals surface area contributed by atoms with Gasteiger partial charge in [0.05, 0.1) is 23.6 Å². The second-order valence-corrected chi connectivity index (χ2v) is 9.96. The van der Waals surface area contributed by atoms with Crippen molar-refractivity contribution < 1.29 is 9.53 Å². The van der Waals surface area contributed by atoms with Gasteiger partial charge in [0, 0.05) is 21.8 Å². The summed E-state index contributed by atoms with van der Waals surface area (Å²) in [5, 5.41) is 13.8. The molecule has 1 amide bonds. The number of nitrogens with zero attached hydrogens (tertiary/aromatic N) is 2. The molecule has 0 radical (unpaired) electrons. The second-order valence-electron chi connectivity index (χ2n) is 8.36. The molecule has 37 heavy (non-hydrogen) atoms. The molecule has 1 heterocycles. The van der Waals surface area contributed by atoms with E-state index in [2.05, 4.69) is 11.4 Å². The first-order valence-electron chi connectivity index (χ1n) is 11.8. The summed E-state index contributed by atoms with van der Waals surface area (Å²) in [4.78, 5) is 18.1. The number of anilines is 1. The van der Waals surface area contributed by atoms with Gasteiger partial charge in [-0.3, -0.25) is 4.79 Å². The number of amides is 1. The maximum Gasteiger partial charge on any atom is 0.237 e. The van der Waals surface area contributed by atoms with Gasteiger partial charge in [0.2, 0.25) is 5.91 Å². The van der Waals surface area contributed by atoms with Crippen LogP contribution in [0.15, 0.2) is 83.9 Å². The minimum atomic E-state index is -0.465. The zero-order valence-corrected chi connectivity index (χ0v) is 22.4. The molecule has 1 aromatic heterocycles. The van der Waals surface area contributed by atoms with Crippen LogP contribution in [0.5, 0.6) is 5.75 Å². The minimum absolute atomic E-state index is 0.167. The van der Waals surface area contributed by atoms with E-state index in [-0.39, 0.29) is 5.91 Å². The van der Waals surface area contributed by atoms with Crippen LogP contribution < -0.4 is 10.1 Å². The number of carbonyl (C=O) groups is 1. The fourth-order valence-corrected chi connectivity index (χ4v) is 5.08. The fraction of sp³-hybridized carbons (Fsp3) is 0.167. The monoisotopic (exact) mass is 527 g/mol. The number of methoxy groups -OCH3 is 1. The highest BCUT2D eigenvalue weighted by Gasteiger charge is 2.24. The number of pyridine rings is 1. The lowest BCUT2D eigenvalue weighted by Crippen LogP contribution is -2.25. The molecule has 3 aromatic carbocycles. The quantitative estimate of drug-likeness (QED) is 0.237. The first-order valence-corrected chi connectivity index (χ1v) is 13.1. The molecular formula is C30H26ClN3O2S. The number of carbonyl (C=O) groups excluding carboxylic acids is 1. The first-order chi connectivity index (χ1) is 17.9. The molecule has 0 saturated heterocycles. The average molecular weight is 528 g/mol. The van der Waals surface area contributed by atoms with E-state index in [0.29, 0.717) is 27.7 Å². The van der Waals surface area contributed by atoms with E-state index in [1.807, 2.05) is 80.6 Å². The van der Waals surface area contributed by atoms with E-state index >= 15 is 0 Å². The highest BCUT2D eigenvalue weighted by Crippen LogP contribution is 2.37. The summed E-state index contributed by atoms with van der Waals surface area (Å²) in [5.74, 6) is 0.563. The third kappa shape index (κ3) is 5.96. The lowest BCUT2D eigenvalue weighted by Gasteiger charge is -2.18. The third-order valence-corrected chi connectivity index (χ3v) is 7.77. The number of ether oxygens (including phenoxy) is 1. The smallest absolute Gasteiger partial charge is 0.237 e. The normalized spacial score (nSPS) is 11.4. The molecule has 0 bridgehead atoms. The Balaban J connectivity index is 1.76. The Kier molecular flexibility index (Phi) is 8.50. The zero-order chi connectivity index (χ0) is 26.4. The molecule has 186 valence electrons. The number of hydrogen-bond acceptors (Lipinski definition) is 5. The standard InChI is InChI=1S/C30H26ClN3O2S/c1-4-28(29(35)33-26-12-8-11-25(31)19(26)2)37-30-24(18-32)23(20-13-15-22(36-3)16-14-20)17-27(34-30)21-9-6-5-7-10-21/h5-17,28H,4H2,1-3H3,(H,33,35). The van der Waals surface area contributed by atoms with Crippen LogP contribution in [0.4, 0.5) is 5.69 Å². The predicted molar refractivity (Wildman–Crippen MR) is 151 cm³/mol. The van der Waals surface area contributed by atoms with Crippen LogP contribution >= 0.6 is 23.4 Å². The predicted octanol–water partition coefficient (Wildman–Crippen LogP) is 7.77. The fourth-order valence-electron chi connectivity index (χ4n) is 3.88.